The maximum atomic E-state index is 13.2. The molecule has 1 aromatic heterocycles. The fourth-order valence-corrected chi connectivity index (χ4v) is 5.64. The van der Waals surface area contributed by atoms with E-state index in [1.54, 1.807) is 0 Å². The van der Waals surface area contributed by atoms with Crippen molar-refractivity contribution in [3.05, 3.63) is 66.0 Å². The van der Waals surface area contributed by atoms with Crippen molar-refractivity contribution in [2.75, 3.05) is 18.0 Å². The van der Waals surface area contributed by atoms with Gasteiger partial charge in [0.2, 0.25) is 5.91 Å². The van der Waals surface area contributed by atoms with Crippen molar-refractivity contribution in [3.63, 3.8) is 0 Å². The quantitative estimate of drug-likeness (QED) is 0.493. The van der Waals surface area contributed by atoms with Gasteiger partial charge in [0.25, 0.3) is 0 Å². The molecule has 8 nitrogen and oxygen atoms in total. The molecule has 6 rings (SSSR count). The van der Waals surface area contributed by atoms with Crippen LogP contribution in [0.1, 0.15) is 56.1 Å². The van der Waals surface area contributed by atoms with Crippen LogP contribution < -0.4 is 9.64 Å². The lowest BCUT2D eigenvalue weighted by Gasteiger charge is -2.36. The second-order valence-corrected chi connectivity index (χ2v) is 10.5. The Balaban J connectivity index is 1.37. The van der Waals surface area contributed by atoms with Gasteiger partial charge in [-0.3, -0.25) is 4.79 Å². The van der Waals surface area contributed by atoms with Crippen LogP contribution in [-0.2, 0) is 11.2 Å². The van der Waals surface area contributed by atoms with E-state index in [0.717, 1.165) is 72.5 Å². The lowest BCUT2D eigenvalue weighted by Crippen LogP contribution is -2.43. The van der Waals surface area contributed by atoms with Gasteiger partial charge < -0.3 is 19.6 Å². The van der Waals surface area contributed by atoms with E-state index in [0.29, 0.717) is 13.1 Å². The van der Waals surface area contributed by atoms with Crippen LogP contribution in [-0.4, -0.2) is 50.9 Å². The molecule has 0 radical (unpaired) electrons. The molecule has 2 amide bonds. The van der Waals surface area contributed by atoms with E-state index in [2.05, 4.69) is 6.92 Å². The number of carboxylic acid groups (broad SMARTS) is 1. The van der Waals surface area contributed by atoms with Crippen molar-refractivity contribution in [1.29, 1.82) is 0 Å². The monoisotopic (exact) mass is 500 g/mol. The van der Waals surface area contributed by atoms with E-state index in [9.17, 15) is 14.7 Å². The molecule has 0 spiro atoms. The topological polar surface area (TPSA) is 87.9 Å². The Hall–Kier alpha value is -3.81. The van der Waals surface area contributed by atoms with Crippen LogP contribution in [0.25, 0.3) is 5.69 Å². The minimum Gasteiger partial charge on any atom is -0.465 e. The molecule has 1 aliphatic carbocycles. The SMILES string of the molecule is C[C@H]1CCc2c(ccc(-n3cc(C4CCN(C(=O)O)CC4)cn3)c2Oc2ccccc2)N1C(=O)C1CC1. The van der Waals surface area contributed by atoms with Crippen LogP contribution in [0, 0.1) is 5.92 Å². The fourth-order valence-electron chi connectivity index (χ4n) is 5.64. The molecule has 3 aliphatic rings. The number of piperidine rings is 1. The number of carbonyl (C=O) groups is 2. The highest BCUT2D eigenvalue weighted by molar-refractivity contribution is 5.98. The summed E-state index contributed by atoms with van der Waals surface area (Å²) in [6.07, 6.45) is 8.30. The van der Waals surface area contributed by atoms with Crippen molar-refractivity contribution in [1.82, 2.24) is 14.7 Å². The Morgan fingerprint density at radius 3 is 2.41 bits per heavy atom. The molecule has 0 bridgehead atoms. The van der Waals surface area contributed by atoms with E-state index in [1.807, 2.05) is 64.4 Å². The number of likely N-dealkylation sites (tertiary alicyclic amines) is 1. The number of para-hydroxylation sites is 1. The normalized spacial score (nSPS) is 20.0. The minimum absolute atomic E-state index is 0.146. The molecule has 1 atom stereocenters. The predicted octanol–water partition coefficient (Wildman–Crippen LogP) is 5.60. The third-order valence-electron chi connectivity index (χ3n) is 7.94. The zero-order chi connectivity index (χ0) is 25.5. The molecule has 192 valence electrons. The van der Waals surface area contributed by atoms with Gasteiger partial charge >= 0.3 is 6.09 Å². The number of nitrogens with zero attached hydrogens (tertiary/aromatic N) is 4. The number of amides is 2. The zero-order valence-corrected chi connectivity index (χ0v) is 21.0. The van der Waals surface area contributed by atoms with Crippen LogP contribution in [0.15, 0.2) is 54.9 Å². The summed E-state index contributed by atoms with van der Waals surface area (Å²) in [6.45, 7) is 3.20. The van der Waals surface area contributed by atoms with Gasteiger partial charge in [0.05, 0.1) is 11.9 Å². The van der Waals surface area contributed by atoms with Crippen molar-refractivity contribution in [2.45, 2.75) is 57.4 Å². The first-order valence-electron chi connectivity index (χ1n) is 13.2. The van der Waals surface area contributed by atoms with Gasteiger partial charge in [0.1, 0.15) is 11.4 Å². The number of carbonyl (C=O) groups excluding carboxylic acids is 1. The summed E-state index contributed by atoms with van der Waals surface area (Å²) in [7, 11) is 0. The molecule has 2 aromatic carbocycles. The molecule has 1 saturated heterocycles. The predicted molar refractivity (Wildman–Crippen MR) is 140 cm³/mol. The summed E-state index contributed by atoms with van der Waals surface area (Å²) >= 11 is 0. The van der Waals surface area contributed by atoms with Gasteiger partial charge in [-0.15, -0.1) is 0 Å². The lowest BCUT2D eigenvalue weighted by molar-refractivity contribution is -0.120. The number of rotatable bonds is 5. The molecule has 2 aliphatic heterocycles. The number of ether oxygens (including phenoxy) is 1. The Bertz CT molecular complexity index is 1310. The van der Waals surface area contributed by atoms with E-state index < -0.39 is 6.09 Å². The summed E-state index contributed by atoms with van der Waals surface area (Å²) in [5, 5.41) is 14.0. The molecular weight excluding hydrogens is 468 g/mol. The Morgan fingerprint density at radius 1 is 0.973 bits per heavy atom. The van der Waals surface area contributed by atoms with E-state index in [-0.39, 0.29) is 23.8 Å². The Kier molecular flexibility index (Phi) is 6.10. The summed E-state index contributed by atoms with van der Waals surface area (Å²) in [5.41, 5.74) is 3.93. The first kappa shape index (κ1) is 23.6. The molecule has 8 heteroatoms. The van der Waals surface area contributed by atoms with E-state index in [1.165, 1.54) is 4.90 Å². The van der Waals surface area contributed by atoms with Crippen molar-refractivity contribution < 1.29 is 19.4 Å². The van der Waals surface area contributed by atoms with Gasteiger partial charge in [-0.2, -0.15) is 5.10 Å². The van der Waals surface area contributed by atoms with Crippen molar-refractivity contribution in [3.8, 4) is 17.2 Å². The third kappa shape index (κ3) is 4.56. The summed E-state index contributed by atoms with van der Waals surface area (Å²) < 4.78 is 8.39. The van der Waals surface area contributed by atoms with Crippen LogP contribution >= 0.6 is 0 Å². The highest BCUT2D eigenvalue weighted by atomic mass is 16.5. The average Bonchev–Trinajstić information content (AvgIpc) is 3.66. The second kappa shape index (κ2) is 9.57. The number of hydrogen-bond donors (Lipinski definition) is 1. The summed E-state index contributed by atoms with van der Waals surface area (Å²) in [5.74, 6) is 2.12. The van der Waals surface area contributed by atoms with Crippen LogP contribution in [0.4, 0.5) is 10.5 Å². The minimum atomic E-state index is -0.852. The van der Waals surface area contributed by atoms with Crippen LogP contribution in [0.2, 0.25) is 0 Å². The van der Waals surface area contributed by atoms with Crippen molar-refractivity contribution >= 4 is 17.7 Å². The average molecular weight is 501 g/mol. The second-order valence-electron chi connectivity index (χ2n) is 10.5. The molecule has 37 heavy (non-hydrogen) atoms. The Labute approximate surface area is 216 Å². The fraction of sp³-hybridized carbons (Fsp3) is 0.414. The molecular formula is C29H32N4O4. The van der Waals surface area contributed by atoms with Gasteiger partial charge in [0, 0.05) is 36.8 Å². The number of benzene rings is 2. The highest BCUT2D eigenvalue weighted by Crippen LogP contribution is 2.44. The smallest absolute Gasteiger partial charge is 0.407 e. The standard InChI is InChI=1S/C29H32N4O4/c1-19-7-10-24-25(33(19)28(34)21-8-9-21)11-12-26(27(24)37-23-5-3-2-4-6-23)32-18-22(17-30-32)20-13-15-31(16-14-20)29(35)36/h2-6,11-12,17-21H,7-10,13-16H2,1H3,(H,35,36)/t19-/m0/s1. The van der Waals surface area contributed by atoms with Gasteiger partial charge in [-0.05, 0) is 81.2 Å². The maximum absolute atomic E-state index is 13.2. The first-order valence-corrected chi connectivity index (χ1v) is 13.2. The number of aromatic nitrogens is 2. The highest BCUT2D eigenvalue weighted by Gasteiger charge is 2.39. The third-order valence-corrected chi connectivity index (χ3v) is 7.94. The largest absolute Gasteiger partial charge is 0.465 e. The molecule has 0 unspecified atom stereocenters. The van der Waals surface area contributed by atoms with Crippen LogP contribution in [0.5, 0.6) is 11.5 Å². The number of fused-ring (bicyclic) bond motifs is 1. The van der Waals surface area contributed by atoms with Crippen molar-refractivity contribution in [2.24, 2.45) is 5.92 Å². The van der Waals surface area contributed by atoms with E-state index in [4.69, 9.17) is 9.84 Å². The van der Waals surface area contributed by atoms with E-state index >= 15 is 0 Å². The summed E-state index contributed by atoms with van der Waals surface area (Å²) in [6, 6.07) is 13.9. The molecule has 1 N–H and O–H groups in total. The number of hydrogen-bond acceptors (Lipinski definition) is 4. The summed E-state index contributed by atoms with van der Waals surface area (Å²) in [4.78, 5) is 28.0. The molecule has 1 saturated carbocycles. The maximum Gasteiger partial charge on any atom is 0.407 e. The first-order chi connectivity index (χ1) is 18.0. The Morgan fingerprint density at radius 2 is 1.70 bits per heavy atom. The lowest BCUT2D eigenvalue weighted by atomic mass is 9.92. The van der Waals surface area contributed by atoms with Crippen LogP contribution in [0.3, 0.4) is 0 Å². The van der Waals surface area contributed by atoms with Gasteiger partial charge in [-0.25, -0.2) is 9.48 Å². The molecule has 2 fully saturated rings. The molecule has 3 aromatic rings. The molecule has 3 heterocycles. The van der Waals surface area contributed by atoms with Gasteiger partial charge in [0.15, 0.2) is 5.75 Å². The number of anilines is 1. The zero-order valence-electron chi connectivity index (χ0n) is 21.0. The van der Waals surface area contributed by atoms with Gasteiger partial charge in [-0.1, -0.05) is 18.2 Å².